The smallest absolute Gasteiger partial charge is 0.177 e. The topological polar surface area (TPSA) is 44.5 Å². The van der Waals surface area contributed by atoms with Gasteiger partial charge in [-0.1, -0.05) is 42.5 Å². The number of rotatable bonds is 4. The van der Waals surface area contributed by atoms with Crippen molar-refractivity contribution in [3.05, 3.63) is 87.9 Å². The van der Waals surface area contributed by atoms with Crippen molar-refractivity contribution in [1.29, 1.82) is 5.26 Å². The molecule has 3 aromatic rings. The third kappa shape index (κ3) is 3.16. The molecule has 0 aliphatic rings. The van der Waals surface area contributed by atoms with Gasteiger partial charge in [0.2, 0.25) is 0 Å². The zero-order valence-electron chi connectivity index (χ0n) is 12.0. The predicted octanol–water partition coefficient (Wildman–Crippen LogP) is 4.06. The first-order valence-electron chi connectivity index (χ1n) is 7.06. The molecule has 0 spiro atoms. The van der Waals surface area contributed by atoms with Gasteiger partial charge in [-0.15, -0.1) is 0 Å². The Morgan fingerprint density at radius 2 is 1.73 bits per heavy atom. The van der Waals surface area contributed by atoms with E-state index >= 15 is 0 Å². The fourth-order valence-electron chi connectivity index (χ4n) is 2.42. The highest BCUT2D eigenvalue weighted by molar-refractivity contribution is 7.71. The minimum Gasteiger partial charge on any atom is -0.337 e. The highest BCUT2D eigenvalue weighted by Gasteiger charge is 2.06. The first-order valence-corrected chi connectivity index (χ1v) is 7.47. The van der Waals surface area contributed by atoms with E-state index in [-0.39, 0.29) is 0 Å². The average Bonchev–Trinajstić information content (AvgIpc) is 2.90. The number of nitrogens with one attached hydrogen (secondary N) is 1. The Morgan fingerprint density at radius 1 is 1.00 bits per heavy atom. The first-order chi connectivity index (χ1) is 10.8. The maximum Gasteiger partial charge on any atom is 0.177 e. The van der Waals surface area contributed by atoms with Crippen LogP contribution in [0.4, 0.5) is 0 Å². The molecule has 22 heavy (non-hydrogen) atoms. The van der Waals surface area contributed by atoms with Gasteiger partial charge in [0.1, 0.15) is 0 Å². The SMILES string of the molecule is N#Cc1ccc(Cn2c(Cc3ccccc3)c[nH]c2=S)cc1. The van der Waals surface area contributed by atoms with E-state index in [0.29, 0.717) is 12.1 Å². The molecule has 3 rings (SSSR count). The van der Waals surface area contributed by atoms with Crippen LogP contribution in [0, 0.1) is 16.1 Å². The first kappa shape index (κ1) is 14.3. The Hall–Kier alpha value is -2.64. The molecule has 108 valence electrons. The maximum absolute atomic E-state index is 8.86. The molecule has 0 amide bonds. The molecule has 4 heteroatoms. The number of hydrogen-bond donors (Lipinski definition) is 1. The molecule has 0 unspecified atom stereocenters. The van der Waals surface area contributed by atoms with E-state index in [4.69, 9.17) is 17.5 Å². The molecule has 0 radical (unpaired) electrons. The Morgan fingerprint density at radius 3 is 2.41 bits per heavy atom. The lowest BCUT2D eigenvalue weighted by molar-refractivity contribution is 0.742. The average molecular weight is 305 g/mol. The number of benzene rings is 2. The molecule has 2 aromatic carbocycles. The lowest BCUT2D eigenvalue weighted by Gasteiger charge is -2.09. The van der Waals surface area contributed by atoms with Gasteiger partial charge < -0.3 is 9.55 Å². The second-order valence-electron chi connectivity index (χ2n) is 5.14. The molecular weight excluding hydrogens is 290 g/mol. The zero-order valence-corrected chi connectivity index (χ0v) is 12.8. The van der Waals surface area contributed by atoms with E-state index in [1.807, 2.05) is 48.7 Å². The Bertz CT molecular complexity index is 852. The van der Waals surface area contributed by atoms with Gasteiger partial charge in [-0.05, 0) is 35.5 Å². The van der Waals surface area contributed by atoms with E-state index in [9.17, 15) is 0 Å². The minimum absolute atomic E-state index is 0.672. The monoisotopic (exact) mass is 305 g/mol. The molecule has 3 nitrogen and oxygen atoms in total. The summed E-state index contributed by atoms with van der Waals surface area (Å²) in [5, 5.41) is 8.86. The van der Waals surface area contributed by atoms with Crippen LogP contribution in [0.15, 0.2) is 60.8 Å². The lowest BCUT2D eigenvalue weighted by atomic mass is 10.1. The normalized spacial score (nSPS) is 10.3. The number of H-pyrrole nitrogens is 1. The van der Waals surface area contributed by atoms with E-state index in [2.05, 4.69) is 27.8 Å². The second kappa shape index (κ2) is 6.42. The summed E-state index contributed by atoms with van der Waals surface area (Å²) >= 11 is 5.39. The number of nitriles is 1. The molecule has 1 heterocycles. The summed E-state index contributed by atoms with van der Waals surface area (Å²) in [6, 6.07) is 20.1. The molecule has 0 fully saturated rings. The van der Waals surface area contributed by atoms with Crippen LogP contribution < -0.4 is 0 Å². The summed E-state index contributed by atoms with van der Waals surface area (Å²) in [7, 11) is 0. The highest BCUT2D eigenvalue weighted by atomic mass is 32.1. The van der Waals surface area contributed by atoms with Gasteiger partial charge in [0.15, 0.2) is 4.77 Å². The fraction of sp³-hybridized carbons (Fsp3) is 0.111. The van der Waals surface area contributed by atoms with Crippen molar-refractivity contribution in [3.63, 3.8) is 0 Å². The van der Waals surface area contributed by atoms with Crippen molar-refractivity contribution in [2.24, 2.45) is 0 Å². The van der Waals surface area contributed by atoms with Crippen LogP contribution in [0.3, 0.4) is 0 Å². The third-order valence-electron chi connectivity index (χ3n) is 3.61. The molecule has 0 saturated carbocycles. The number of aromatic nitrogens is 2. The van der Waals surface area contributed by atoms with Crippen LogP contribution in [0.1, 0.15) is 22.4 Å². The number of imidazole rings is 1. The van der Waals surface area contributed by atoms with Crippen molar-refractivity contribution < 1.29 is 0 Å². The van der Waals surface area contributed by atoms with Gasteiger partial charge in [-0.2, -0.15) is 5.26 Å². The summed E-state index contributed by atoms with van der Waals surface area (Å²) in [6.45, 7) is 0.705. The summed E-state index contributed by atoms with van der Waals surface area (Å²) in [5.41, 5.74) is 4.21. The van der Waals surface area contributed by atoms with Gasteiger partial charge in [0.05, 0.1) is 18.2 Å². The molecule has 0 aliphatic heterocycles. The standard InChI is InChI=1S/C18H15N3S/c19-11-15-6-8-16(9-7-15)13-21-17(12-20-18(21)22)10-14-4-2-1-3-5-14/h1-9,12H,10,13H2,(H,20,22). The number of hydrogen-bond acceptors (Lipinski definition) is 2. The molecule has 0 aliphatic carbocycles. The summed E-state index contributed by atoms with van der Waals surface area (Å²) in [4.78, 5) is 3.13. The Labute approximate surface area is 134 Å². The van der Waals surface area contributed by atoms with Gasteiger partial charge >= 0.3 is 0 Å². The molecule has 0 atom stereocenters. The molecule has 1 aromatic heterocycles. The zero-order chi connectivity index (χ0) is 15.4. The lowest BCUT2D eigenvalue weighted by Crippen LogP contribution is -2.05. The van der Waals surface area contributed by atoms with E-state index < -0.39 is 0 Å². The molecule has 0 bridgehead atoms. The van der Waals surface area contributed by atoms with Crippen LogP contribution in [-0.2, 0) is 13.0 Å². The molecular formula is C18H15N3S. The van der Waals surface area contributed by atoms with Crippen molar-refractivity contribution in [2.75, 3.05) is 0 Å². The van der Waals surface area contributed by atoms with Crippen molar-refractivity contribution in [3.8, 4) is 6.07 Å². The predicted molar refractivity (Wildman–Crippen MR) is 89.1 cm³/mol. The van der Waals surface area contributed by atoms with Crippen molar-refractivity contribution in [2.45, 2.75) is 13.0 Å². The maximum atomic E-state index is 8.86. The van der Waals surface area contributed by atoms with Crippen LogP contribution in [0.5, 0.6) is 0 Å². The summed E-state index contributed by atoms with van der Waals surface area (Å²) < 4.78 is 2.82. The highest BCUT2D eigenvalue weighted by Crippen LogP contribution is 2.13. The summed E-state index contributed by atoms with van der Waals surface area (Å²) in [6.07, 6.45) is 2.81. The van der Waals surface area contributed by atoms with E-state index in [1.165, 1.54) is 5.56 Å². The van der Waals surface area contributed by atoms with Crippen LogP contribution >= 0.6 is 12.2 Å². The van der Waals surface area contributed by atoms with Crippen molar-refractivity contribution in [1.82, 2.24) is 9.55 Å². The van der Waals surface area contributed by atoms with Gasteiger partial charge in [-0.25, -0.2) is 0 Å². The molecule has 0 saturated heterocycles. The number of aromatic amines is 1. The number of nitrogens with zero attached hydrogens (tertiary/aromatic N) is 2. The quantitative estimate of drug-likeness (QED) is 0.739. The Balaban J connectivity index is 1.86. The van der Waals surface area contributed by atoms with Gasteiger partial charge in [0.25, 0.3) is 0 Å². The second-order valence-corrected chi connectivity index (χ2v) is 5.53. The minimum atomic E-state index is 0.672. The largest absolute Gasteiger partial charge is 0.337 e. The van der Waals surface area contributed by atoms with Crippen molar-refractivity contribution >= 4 is 12.2 Å². The van der Waals surface area contributed by atoms with Gasteiger partial charge in [0, 0.05) is 18.3 Å². The molecule has 1 N–H and O–H groups in total. The van der Waals surface area contributed by atoms with Crippen LogP contribution in [-0.4, -0.2) is 9.55 Å². The van der Waals surface area contributed by atoms with Crippen LogP contribution in [0.2, 0.25) is 0 Å². The Kier molecular flexibility index (Phi) is 4.17. The fourth-order valence-corrected chi connectivity index (χ4v) is 2.66. The summed E-state index contributed by atoms with van der Waals surface area (Å²) in [5.74, 6) is 0. The van der Waals surface area contributed by atoms with Gasteiger partial charge in [-0.3, -0.25) is 0 Å². The van der Waals surface area contributed by atoms with E-state index in [0.717, 1.165) is 22.4 Å². The third-order valence-corrected chi connectivity index (χ3v) is 3.94. The van der Waals surface area contributed by atoms with E-state index in [1.54, 1.807) is 0 Å². The van der Waals surface area contributed by atoms with Crippen LogP contribution in [0.25, 0.3) is 0 Å².